The second-order valence-corrected chi connectivity index (χ2v) is 7.56. The predicted octanol–water partition coefficient (Wildman–Crippen LogP) is 4.86. The van der Waals surface area contributed by atoms with Gasteiger partial charge in [0.2, 0.25) is 0 Å². The van der Waals surface area contributed by atoms with E-state index in [2.05, 4.69) is 56.5 Å². The van der Waals surface area contributed by atoms with Gasteiger partial charge in [-0.1, -0.05) is 63.3 Å². The second-order valence-electron chi connectivity index (χ2n) is 6.93. The van der Waals surface area contributed by atoms with Crippen LogP contribution in [0.3, 0.4) is 0 Å². The normalized spacial score (nSPS) is 9.91. The topological polar surface area (TPSA) is 152 Å². The highest BCUT2D eigenvalue weighted by atomic mass is 32.1. The van der Waals surface area contributed by atoms with Gasteiger partial charge >= 0.3 is 17.9 Å². The van der Waals surface area contributed by atoms with Gasteiger partial charge < -0.3 is 25.5 Å². The van der Waals surface area contributed by atoms with Crippen LogP contribution in [0.15, 0.2) is 24.3 Å². The summed E-state index contributed by atoms with van der Waals surface area (Å²) in [6.45, 7) is 1.98. The predicted molar refractivity (Wildman–Crippen MR) is 144 cm³/mol. The maximum Gasteiger partial charge on any atom is 0.313 e. The molecule has 0 aromatic heterocycles. The maximum absolute atomic E-state index is 10.3. The number of thiol groups is 2. The third-order valence-corrected chi connectivity index (χ3v) is 4.25. The molecule has 0 atom stereocenters. The zero-order valence-electron chi connectivity index (χ0n) is 20.5. The summed E-state index contributed by atoms with van der Waals surface area (Å²) in [4.78, 5) is 28.9. The van der Waals surface area contributed by atoms with E-state index in [1.165, 1.54) is 44.9 Å². The first-order chi connectivity index (χ1) is 16.2. The largest absolute Gasteiger partial charge is 0.481 e. The first kappa shape index (κ1) is 39.7. The molecule has 0 heterocycles. The van der Waals surface area contributed by atoms with Crippen LogP contribution in [0, 0.1) is 0 Å². The molecule has 0 aliphatic heterocycles. The van der Waals surface area contributed by atoms with E-state index in [0.29, 0.717) is 6.42 Å². The molecule has 0 bridgehead atoms. The summed E-state index contributed by atoms with van der Waals surface area (Å²) < 4.78 is 0. The van der Waals surface area contributed by atoms with Gasteiger partial charge in [-0.05, 0) is 38.5 Å². The molecule has 8 nitrogen and oxygen atoms in total. The Hall–Kier alpha value is -1.49. The number of rotatable bonds is 17. The van der Waals surface area contributed by atoms with E-state index >= 15 is 0 Å². The van der Waals surface area contributed by atoms with Gasteiger partial charge in [-0.3, -0.25) is 14.4 Å². The van der Waals surface area contributed by atoms with E-state index in [-0.39, 0.29) is 24.7 Å². The Morgan fingerprint density at radius 2 is 1.00 bits per heavy atom. The standard InChI is InChI=1S/C18H32O2.2C2H4O2S.C2H6O2/c1-2-3-4-5-6-7-8-9-10-11-12-13-14-15-16-17-18(19)20;2*3-2(4)1-5;3-1-2-4/h6-7,9-10H,2-5,8,11-17H2,1H3,(H,19,20);2*5H,1H2,(H,3,4);3-4H,1-2H2/b7-6-,10-9-;;;. The van der Waals surface area contributed by atoms with Crippen molar-refractivity contribution < 1.29 is 39.9 Å². The minimum atomic E-state index is -0.881. The Kier molecular flexibility index (Phi) is 45.3. The van der Waals surface area contributed by atoms with Gasteiger partial charge in [0.05, 0.1) is 24.7 Å². The van der Waals surface area contributed by atoms with Gasteiger partial charge in [-0.25, -0.2) is 0 Å². The summed E-state index contributed by atoms with van der Waals surface area (Å²) in [5, 5.41) is 39.0. The van der Waals surface area contributed by atoms with Crippen molar-refractivity contribution in [2.24, 2.45) is 0 Å². The first-order valence-corrected chi connectivity index (χ1v) is 12.9. The lowest BCUT2D eigenvalue weighted by Gasteiger charge is -1.98. The average Bonchev–Trinajstić information content (AvgIpc) is 2.82. The lowest BCUT2D eigenvalue weighted by molar-refractivity contribution is -0.137. The number of carbonyl (C=O) groups is 3. The molecule has 5 N–H and O–H groups in total. The van der Waals surface area contributed by atoms with E-state index in [9.17, 15) is 14.4 Å². The van der Waals surface area contributed by atoms with Crippen molar-refractivity contribution in [2.75, 3.05) is 24.7 Å². The summed E-state index contributed by atoms with van der Waals surface area (Å²) in [6.07, 6.45) is 22.3. The van der Waals surface area contributed by atoms with Gasteiger partial charge in [-0.2, -0.15) is 25.3 Å². The van der Waals surface area contributed by atoms with Crippen LogP contribution in [0.25, 0.3) is 0 Å². The lowest BCUT2D eigenvalue weighted by atomic mass is 10.1. The third kappa shape index (κ3) is 63.2. The molecule has 0 saturated heterocycles. The number of hydrogen-bond donors (Lipinski definition) is 7. The van der Waals surface area contributed by atoms with Crippen LogP contribution in [-0.4, -0.2) is 68.2 Å². The van der Waals surface area contributed by atoms with Gasteiger partial charge in [-0.15, -0.1) is 0 Å². The Balaban J connectivity index is -0.000000260. The zero-order chi connectivity index (χ0) is 26.9. The molecule has 0 aromatic carbocycles. The first-order valence-electron chi connectivity index (χ1n) is 11.6. The van der Waals surface area contributed by atoms with Crippen LogP contribution in [0.4, 0.5) is 0 Å². The summed E-state index contributed by atoms with van der Waals surface area (Å²) in [6, 6.07) is 0. The molecule has 0 radical (unpaired) electrons. The van der Waals surface area contributed by atoms with Gasteiger partial charge in [0.1, 0.15) is 0 Å². The molecule has 0 fully saturated rings. The molecule has 0 unspecified atom stereocenters. The number of aliphatic hydroxyl groups excluding tert-OH is 2. The Morgan fingerprint density at radius 3 is 1.35 bits per heavy atom. The van der Waals surface area contributed by atoms with Crippen LogP contribution < -0.4 is 0 Å². The SMILES string of the molecule is CCCCC/C=C\C/C=C\CCCCCCCC(=O)O.O=C(O)CS.O=C(O)CS.OCCO. The zero-order valence-corrected chi connectivity index (χ0v) is 22.3. The van der Waals surface area contributed by atoms with Gasteiger partial charge in [0.25, 0.3) is 0 Å². The number of aliphatic carboxylic acids is 3. The molecular formula is C24H46O8S2. The van der Waals surface area contributed by atoms with Crippen molar-refractivity contribution in [1.29, 1.82) is 0 Å². The van der Waals surface area contributed by atoms with Crippen LogP contribution in [-0.2, 0) is 14.4 Å². The van der Waals surface area contributed by atoms with E-state index in [4.69, 9.17) is 25.5 Å². The highest BCUT2D eigenvalue weighted by Crippen LogP contribution is 2.08. The van der Waals surface area contributed by atoms with Crippen molar-refractivity contribution in [3.05, 3.63) is 24.3 Å². The van der Waals surface area contributed by atoms with E-state index in [1.807, 2.05) is 0 Å². The van der Waals surface area contributed by atoms with Crippen molar-refractivity contribution in [1.82, 2.24) is 0 Å². The fourth-order valence-electron chi connectivity index (χ4n) is 2.09. The summed E-state index contributed by atoms with van der Waals surface area (Å²) in [5.74, 6) is -2.60. The number of aliphatic hydroxyl groups is 2. The molecule has 0 amide bonds. The van der Waals surface area contributed by atoms with Gasteiger partial charge in [0, 0.05) is 6.42 Å². The van der Waals surface area contributed by atoms with E-state index in [1.54, 1.807) is 0 Å². The molecule has 202 valence electrons. The molecule has 34 heavy (non-hydrogen) atoms. The Morgan fingerprint density at radius 1 is 0.618 bits per heavy atom. The molecule has 0 aliphatic rings. The number of unbranched alkanes of at least 4 members (excludes halogenated alkanes) is 8. The molecule has 0 aromatic rings. The lowest BCUT2D eigenvalue weighted by Crippen LogP contribution is -1.93. The third-order valence-electron chi connectivity index (χ3n) is 3.71. The second kappa shape index (κ2) is 38.8. The molecule has 0 spiro atoms. The molecule has 0 rings (SSSR count). The van der Waals surface area contributed by atoms with Crippen LogP contribution in [0.5, 0.6) is 0 Å². The van der Waals surface area contributed by atoms with Crippen molar-refractivity contribution in [2.45, 2.75) is 84.0 Å². The molecular weight excluding hydrogens is 480 g/mol. The van der Waals surface area contributed by atoms with Crippen molar-refractivity contribution in [3.63, 3.8) is 0 Å². The maximum atomic E-state index is 10.3. The fourth-order valence-corrected chi connectivity index (χ4v) is 2.09. The van der Waals surface area contributed by atoms with Crippen LogP contribution >= 0.6 is 25.3 Å². The minimum Gasteiger partial charge on any atom is -0.481 e. The minimum absolute atomic E-state index is 0.0833. The van der Waals surface area contributed by atoms with Crippen LogP contribution in [0.2, 0.25) is 0 Å². The highest BCUT2D eigenvalue weighted by Gasteiger charge is 1.95. The average molecular weight is 527 g/mol. The molecule has 0 aliphatic carbocycles. The molecule has 0 saturated carbocycles. The summed E-state index contributed by atoms with van der Waals surface area (Å²) in [7, 11) is 0. The fraction of sp³-hybridized carbons (Fsp3) is 0.708. The smallest absolute Gasteiger partial charge is 0.313 e. The Labute approximate surface area is 216 Å². The van der Waals surface area contributed by atoms with Crippen LogP contribution in [0.1, 0.15) is 84.0 Å². The quantitative estimate of drug-likeness (QED) is 0.0806. The number of carboxylic acid groups (broad SMARTS) is 3. The van der Waals surface area contributed by atoms with Crippen molar-refractivity contribution in [3.8, 4) is 0 Å². The summed E-state index contributed by atoms with van der Waals surface area (Å²) in [5.41, 5.74) is 0. The highest BCUT2D eigenvalue weighted by molar-refractivity contribution is 7.81. The number of allylic oxidation sites excluding steroid dienone is 4. The number of carboxylic acids is 3. The monoisotopic (exact) mass is 526 g/mol. The summed E-state index contributed by atoms with van der Waals surface area (Å²) >= 11 is 6.83. The van der Waals surface area contributed by atoms with E-state index < -0.39 is 17.9 Å². The molecule has 10 heteroatoms. The number of hydrogen-bond acceptors (Lipinski definition) is 7. The van der Waals surface area contributed by atoms with E-state index in [0.717, 1.165) is 25.7 Å². The Bertz CT molecular complexity index is 481. The van der Waals surface area contributed by atoms with Crippen molar-refractivity contribution >= 4 is 43.2 Å². The van der Waals surface area contributed by atoms with Gasteiger partial charge in [0.15, 0.2) is 0 Å².